The third-order valence-corrected chi connectivity index (χ3v) is 3.54. The Bertz CT molecular complexity index is 476. The van der Waals surface area contributed by atoms with Crippen molar-refractivity contribution < 1.29 is 9.53 Å². The summed E-state index contributed by atoms with van der Waals surface area (Å²) in [5, 5.41) is 0. The van der Waals surface area contributed by atoms with Crippen LogP contribution in [0.5, 0.6) is 5.75 Å². The molecule has 0 aliphatic rings. The van der Waals surface area contributed by atoms with Gasteiger partial charge in [0.15, 0.2) is 5.78 Å². The molecule has 0 unspecified atom stereocenters. The van der Waals surface area contributed by atoms with Crippen molar-refractivity contribution in [2.24, 2.45) is 11.1 Å². The van der Waals surface area contributed by atoms with Crippen LogP contribution in [0.2, 0.25) is 0 Å². The number of ketones is 1. The Morgan fingerprint density at radius 2 is 1.83 bits per heavy atom. The average molecular weight is 249 g/mol. The lowest BCUT2D eigenvalue weighted by atomic mass is 9.81. The minimum atomic E-state index is -0.570. The van der Waals surface area contributed by atoms with Crippen molar-refractivity contribution in [2.75, 3.05) is 13.7 Å². The number of carbonyl (C=O) groups excluding carboxylic acids is 1. The molecule has 3 nitrogen and oxygen atoms in total. The van der Waals surface area contributed by atoms with Gasteiger partial charge in [0, 0.05) is 12.0 Å². The van der Waals surface area contributed by atoms with Gasteiger partial charge in [-0.3, -0.25) is 4.79 Å². The molecule has 18 heavy (non-hydrogen) atoms. The van der Waals surface area contributed by atoms with Crippen molar-refractivity contribution in [3.63, 3.8) is 0 Å². The molecule has 0 aliphatic heterocycles. The number of aryl methyl sites for hydroxylation is 2. The van der Waals surface area contributed by atoms with Crippen LogP contribution in [0.4, 0.5) is 0 Å². The monoisotopic (exact) mass is 249 g/mol. The molecule has 0 aromatic heterocycles. The summed E-state index contributed by atoms with van der Waals surface area (Å²) in [6.45, 7) is 9.98. The van der Waals surface area contributed by atoms with Crippen molar-refractivity contribution in [3.05, 3.63) is 28.3 Å². The molecule has 0 spiro atoms. The molecule has 3 heteroatoms. The Morgan fingerprint density at radius 1 is 1.28 bits per heavy atom. The second-order valence-corrected chi connectivity index (χ2v) is 5.46. The molecule has 0 radical (unpaired) electrons. The molecule has 0 fully saturated rings. The number of methoxy groups -OCH3 is 1. The quantitative estimate of drug-likeness (QED) is 0.835. The second-order valence-electron chi connectivity index (χ2n) is 5.46. The van der Waals surface area contributed by atoms with E-state index >= 15 is 0 Å². The van der Waals surface area contributed by atoms with Crippen molar-refractivity contribution in [2.45, 2.75) is 34.6 Å². The number of ether oxygens (including phenoxy) is 1. The zero-order chi connectivity index (χ0) is 14.1. The fourth-order valence-corrected chi connectivity index (χ4v) is 2.02. The minimum absolute atomic E-state index is 0.0439. The topological polar surface area (TPSA) is 52.3 Å². The third-order valence-electron chi connectivity index (χ3n) is 3.54. The zero-order valence-electron chi connectivity index (χ0n) is 12.2. The SMILES string of the molecule is COc1c(C)c(C)cc(C)c1C(=O)C(C)(C)CN. The summed E-state index contributed by atoms with van der Waals surface area (Å²) in [7, 11) is 1.60. The van der Waals surface area contributed by atoms with Crippen LogP contribution in [-0.4, -0.2) is 19.4 Å². The van der Waals surface area contributed by atoms with Crippen LogP contribution in [0.15, 0.2) is 6.07 Å². The highest BCUT2D eigenvalue weighted by Crippen LogP contribution is 2.34. The molecular formula is C15H23NO2. The maximum Gasteiger partial charge on any atom is 0.173 e. The number of rotatable bonds is 4. The molecule has 0 amide bonds. The van der Waals surface area contributed by atoms with E-state index in [0.717, 1.165) is 16.7 Å². The Morgan fingerprint density at radius 3 is 2.28 bits per heavy atom. The molecule has 0 bridgehead atoms. The first-order valence-electron chi connectivity index (χ1n) is 6.16. The van der Waals surface area contributed by atoms with Gasteiger partial charge < -0.3 is 10.5 Å². The second kappa shape index (κ2) is 5.11. The van der Waals surface area contributed by atoms with Gasteiger partial charge in [0.1, 0.15) is 5.75 Å². The summed E-state index contributed by atoms with van der Waals surface area (Å²) in [6.07, 6.45) is 0. The maximum atomic E-state index is 12.6. The number of hydrogen-bond donors (Lipinski definition) is 1. The van der Waals surface area contributed by atoms with E-state index in [1.54, 1.807) is 7.11 Å². The number of nitrogens with two attached hydrogens (primary N) is 1. The van der Waals surface area contributed by atoms with Crippen molar-refractivity contribution in [1.82, 2.24) is 0 Å². The number of benzene rings is 1. The number of Topliss-reactive ketones (excluding diaryl/α,β-unsaturated/α-hetero) is 1. The lowest BCUT2D eigenvalue weighted by molar-refractivity contribution is 0.0843. The molecular weight excluding hydrogens is 226 g/mol. The third kappa shape index (κ3) is 2.41. The van der Waals surface area contributed by atoms with Crippen LogP contribution in [-0.2, 0) is 0 Å². The smallest absolute Gasteiger partial charge is 0.173 e. The Balaban J connectivity index is 3.50. The fourth-order valence-electron chi connectivity index (χ4n) is 2.02. The molecule has 2 N–H and O–H groups in total. The minimum Gasteiger partial charge on any atom is -0.496 e. The van der Waals surface area contributed by atoms with E-state index in [1.165, 1.54) is 0 Å². The largest absolute Gasteiger partial charge is 0.496 e. The van der Waals surface area contributed by atoms with Gasteiger partial charge in [0.25, 0.3) is 0 Å². The first-order chi connectivity index (χ1) is 8.26. The Hall–Kier alpha value is -1.35. The highest BCUT2D eigenvalue weighted by Gasteiger charge is 2.31. The van der Waals surface area contributed by atoms with E-state index in [-0.39, 0.29) is 5.78 Å². The van der Waals surface area contributed by atoms with Crippen LogP contribution < -0.4 is 10.5 Å². The molecule has 0 saturated carbocycles. The lowest BCUT2D eigenvalue weighted by Crippen LogP contribution is -2.33. The highest BCUT2D eigenvalue weighted by atomic mass is 16.5. The van der Waals surface area contributed by atoms with Crippen molar-refractivity contribution >= 4 is 5.78 Å². The summed E-state index contributed by atoms with van der Waals surface area (Å²) < 4.78 is 5.44. The molecule has 0 aliphatic carbocycles. The van der Waals surface area contributed by atoms with Gasteiger partial charge in [0.2, 0.25) is 0 Å². The van der Waals surface area contributed by atoms with E-state index < -0.39 is 5.41 Å². The van der Waals surface area contributed by atoms with Gasteiger partial charge in [-0.2, -0.15) is 0 Å². The Labute approximate surface area is 109 Å². The highest BCUT2D eigenvalue weighted by molar-refractivity contribution is 6.04. The predicted octanol–water partition coefficient (Wildman–Crippen LogP) is 2.79. The van der Waals surface area contributed by atoms with E-state index in [0.29, 0.717) is 17.9 Å². The van der Waals surface area contributed by atoms with Gasteiger partial charge in [0.05, 0.1) is 12.7 Å². The predicted molar refractivity (Wildman–Crippen MR) is 74.4 cm³/mol. The van der Waals surface area contributed by atoms with E-state index in [2.05, 4.69) is 0 Å². The van der Waals surface area contributed by atoms with Gasteiger partial charge in [-0.25, -0.2) is 0 Å². The average Bonchev–Trinajstić information content (AvgIpc) is 2.32. The normalized spacial score (nSPS) is 11.5. The van der Waals surface area contributed by atoms with Crippen LogP contribution in [0.3, 0.4) is 0 Å². The molecule has 1 aromatic rings. The van der Waals surface area contributed by atoms with Crippen molar-refractivity contribution in [3.8, 4) is 5.75 Å². The molecule has 0 saturated heterocycles. The first kappa shape index (κ1) is 14.7. The van der Waals surface area contributed by atoms with Crippen LogP contribution in [0.25, 0.3) is 0 Å². The standard InChI is InChI=1S/C15H23NO2/c1-9-7-10(2)12(13(18-6)11(9)3)14(17)15(4,5)8-16/h7H,8,16H2,1-6H3. The number of carbonyl (C=O) groups is 1. The van der Waals surface area contributed by atoms with Gasteiger partial charge in [-0.1, -0.05) is 19.9 Å². The summed E-state index contributed by atoms with van der Waals surface area (Å²) in [5.74, 6) is 0.724. The van der Waals surface area contributed by atoms with Gasteiger partial charge in [-0.15, -0.1) is 0 Å². The molecule has 100 valence electrons. The fraction of sp³-hybridized carbons (Fsp3) is 0.533. The van der Waals surface area contributed by atoms with Gasteiger partial charge >= 0.3 is 0 Å². The van der Waals surface area contributed by atoms with E-state index in [4.69, 9.17) is 10.5 Å². The van der Waals surface area contributed by atoms with Crippen LogP contribution in [0.1, 0.15) is 40.9 Å². The molecule has 0 atom stereocenters. The summed E-state index contributed by atoms with van der Waals surface area (Å²) in [5.41, 5.74) is 8.88. The maximum absolute atomic E-state index is 12.6. The van der Waals surface area contributed by atoms with Crippen LogP contribution in [0, 0.1) is 26.2 Å². The summed E-state index contributed by atoms with van der Waals surface area (Å²) in [4.78, 5) is 12.6. The lowest BCUT2D eigenvalue weighted by Gasteiger charge is -2.24. The zero-order valence-corrected chi connectivity index (χ0v) is 12.2. The van der Waals surface area contributed by atoms with E-state index in [9.17, 15) is 4.79 Å². The van der Waals surface area contributed by atoms with Gasteiger partial charge in [-0.05, 0) is 37.5 Å². The van der Waals surface area contributed by atoms with Crippen LogP contribution >= 0.6 is 0 Å². The van der Waals surface area contributed by atoms with Crippen molar-refractivity contribution in [1.29, 1.82) is 0 Å². The summed E-state index contributed by atoms with van der Waals surface area (Å²) in [6, 6.07) is 2.03. The molecule has 1 aromatic carbocycles. The van der Waals surface area contributed by atoms with E-state index in [1.807, 2.05) is 40.7 Å². The molecule has 1 rings (SSSR count). The molecule has 0 heterocycles. The first-order valence-corrected chi connectivity index (χ1v) is 6.16. The Kier molecular flexibility index (Phi) is 4.17. The summed E-state index contributed by atoms with van der Waals surface area (Å²) >= 11 is 0. The number of hydrogen-bond acceptors (Lipinski definition) is 3.